The number of nitrogens with zero attached hydrogens (tertiary/aromatic N) is 2. The van der Waals surface area contributed by atoms with Gasteiger partial charge in [-0.15, -0.1) is 0 Å². The first kappa shape index (κ1) is 43.6. The molecule has 5 aromatic carbocycles. The first-order valence-corrected chi connectivity index (χ1v) is 24.8. The SMILES string of the molecule is Cc1cc2c(cc1N1c3cc4c(cc3B3c5cc(C(C)(C)C)ccc5N(c5ccc6c(c5)C(C)(C)CC6(C)C)c5cc(C(C)(C)C)cc1c53)C(C)(C)CCC4(C)C)C(C)(C)CC2(C)C. The van der Waals surface area contributed by atoms with E-state index in [9.17, 15) is 0 Å². The largest absolute Gasteiger partial charge is 0.311 e. The maximum absolute atomic E-state index is 2.76. The third-order valence-corrected chi connectivity index (χ3v) is 17.3. The van der Waals surface area contributed by atoms with Crippen LogP contribution in [0.5, 0.6) is 0 Å². The van der Waals surface area contributed by atoms with Gasteiger partial charge in [0.1, 0.15) is 0 Å². The minimum Gasteiger partial charge on any atom is -0.311 e. The van der Waals surface area contributed by atoms with Crippen molar-refractivity contribution < 1.29 is 0 Å². The number of hydrogen-bond donors (Lipinski definition) is 0. The Bertz CT molecular complexity index is 2830. The zero-order chi connectivity index (χ0) is 46.4. The fourth-order valence-corrected chi connectivity index (χ4v) is 14.0. The van der Waals surface area contributed by atoms with Gasteiger partial charge < -0.3 is 9.80 Å². The van der Waals surface area contributed by atoms with Crippen LogP contribution in [0, 0.1) is 6.92 Å². The molecular formula is C61H77BN2. The van der Waals surface area contributed by atoms with E-state index in [1.54, 1.807) is 0 Å². The third kappa shape index (κ3) is 6.24. The first-order valence-electron chi connectivity index (χ1n) is 24.8. The summed E-state index contributed by atoms with van der Waals surface area (Å²) in [7, 11) is 0. The maximum Gasteiger partial charge on any atom is 0.252 e. The fourth-order valence-electron chi connectivity index (χ4n) is 14.0. The Hall–Kier alpha value is -4.24. The normalized spacial score (nSPS) is 21.1. The van der Waals surface area contributed by atoms with E-state index >= 15 is 0 Å². The summed E-state index contributed by atoms with van der Waals surface area (Å²) >= 11 is 0. The lowest BCUT2D eigenvalue weighted by molar-refractivity contribution is 0.332. The summed E-state index contributed by atoms with van der Waals surface area (Å²) in [5.74, 6) is 0. The van der Waals surface area contributed by atoms with Gasteiger partial charge in [-0.05, 0) is 185 Å². The smallest absolute Gasteiger partial charge is 0.252 e. The Labute approximate surface area is 388 Å². The summed E-state index contributed by atoms with van der Waals surface area (Å²) in [6, 6.07) is 30.8. The van der Waals surface area contributed by atoms with Crippen molar-refractivity contribution >= 4 is 57.2 Å². The molecule has 2 nitrogen and oxygen atoms in total. The molecule has 0 aromatic heterocycles. The minimum atomic E-state index is -0.0835. The lowest BCUT2D eigenvalue weighted by atomic mass is 9.32. The van der Waals surface area contributed by atoms with Gasteiger partial charge in [-0.2, -0.15) is 0 Å². The van der Waals surface area contributed by atoms with Crippen LogP contribution in [0.1, 0.15) is 200 Å². The highest BCUT2D eigenvalue weighted by Gasteiger charge is 2.49. The highest BCUT2D eigenvalue weighted by molar-refractivity contribution is 7.00. The van der Waals surface area contributed by atoms with Crippen LogP contribution in [0.4, 0.5) is 34.1 Å². The highest BCUT2D eigenvalue weighted by atomic mass is 15.2. The molecule has 64 heavy (non-hydrogen) atoms. The molecule has 5 aromatic rings. The number of fused-ring (bicyclic) bond motifs is 7. The van der Waals surface area contributed by atoms with Crippen LogP contribution >= 0.6 is 0 Å². The van der Waals surface area contributed by atoms with Crippen LogP contribution in [0.2, 0.25) is 0 Å². The Morgan fingerprint density at radius 3 is 1.45 bits per heavy atom. The second-order valence-corrected chi connectivity index (χ2v) is 27.3. The Balaban J connectivity index is 1.37. The van der Waals surface area contributed by atoms with Gasteiger partial charge >= 0.3 is 0 Å². The molecule has 5 aliphatic rings. The summed E-state index contributed by atoms with van der Waals surface area (Å²) in [6.07, 6.45) is 4.68. The van der Waals surface area contributed by atoms with Crippen molar-refractivity contribution in [3.63, 3.8) is 0 Å². The van der Waals surface area contributed by atoms with E-state index in [0.717, 1.165) is 12.8 Å². The lowest BCUT2D eigenvalue weighted by Crippen LogP contribution is -2.62. The zero-order valence-electron chi connectivity index (χ0n) is 43.2. The molecule has 0 amide bonds. The van der Waals surface area contributed by atoms with E-state index in [1.807, 2.05) is 0 Å². The molecule has 0 spiro atoms. The predicted octanol–water partition coefficient (Wildman–Crippen LogP) is 14.9. The molecule has 0 bridgehead atoms. The minimum absolute atomic E-state index is 0.00422. The Morgan fingerprint density at radius 2 is 0.875 bits per heavy atom. The van der Waals surface area contributed by atoms with Crippen molar-refractivity contribution in [2.75, 3.05) is 9.80 Å². The van der Waals surface area contributed by atoms with Crippen LogP contribution in [-0.4, -0.2) is 6.71 Å². The van der Waals surface area contributed by atoms with Crippen molar-refractivity contribution in [1.82, 2.24) is 0 Å². The average molecular weight is 849 g/mol. The number of aryl methyl sites for hydroxylation is 1. The van der Waals surface area contributed by atoms with E-state index in [1.165, 1.54) is 113 Å². The molecule has 2 aliphatic heterocycles. The molecule has 10 rings (SSSR count). The monoisotopic (exact) mass is 849 g/mol. The molecule has 0 unspecified atom stereocenters. The van der Waals surface area contributed by atoms with Crippen molar-refractivity contribution in [2.45, 2.75) is 201 Å². The average Bonchev–Trinajstić information content (AvgIpc) is 3.48. The molecule has 0 saturated carbocycles. The molecule has 3 heteroatoms. The second-order valence-electron chi connectivity index (χ2n) is 27.3. The van der Waals surface area contributed by atoms with Gasteiger partial charge in [0.05, 0.1) is 0 Å². The molecule has 0 atom stereocenters. The number of rotatable bonds is 2. The van der Waals surface area contributed by atoms with E-state index in [4.69, 9.17) is 0 Å². The zero-order valence-corrected chi connectivity index (χ0v) is 43.2. The molecule has 0 N–H and O–H groups in total. The molecule has 0 saturated heterocycles. The van der Waals surface area contributed by atoms with Crippen molar-refractivity contribution in [1.29, 1.82) is 0 Å². The highest BCUT2D eigenvalue weighted by Crippen LogP contribution is 2.56. The summed E-state index contributed by atoms with van der Waals surface area (Å²) in [4.78, 5) is 5.45. The van der Waals surface area contributed by atoms with E-state index < -0.39 is 0 Å². The summed E-state index contributed by atoms with van der Waals surface area (Å²) < 4.78 is 0. The lowest BCUT2D eigenvalue weighted by Gasteiger charge is -2.48. The van der Waals surface area contributed by atoms with Gasteiger partial charge in [-0.1, -0.05) is 155 Å². The molecule has 0 radical (unpaired) electrons. The quantitative estimate of drug-likeness (QED) is 0.160. The standard InChI is InChI=1S/C61H77BN2/c1-36-26-41-45(61(18,19)35-59(41,14)15)32-49(36)64-50-33-44-43(56(8,9)24-25-57(44,10)11)31-47(50)62-46-27-37(54(2,3)4)20-23-48(46)63(51-28-38(55(5,6)7)29-52(64)53(51)62)39-21-22-40-42(30-39)60(16,17)34-58(40,12)13/h20-23,26-33H,24-25,34-35H2,1-19H3. The van der Waals surface area contributed by atoms with Crippen LogP contribution in [0.25, 0.3) is 0 Å². The molecular weight excluding hydrogens is 771 g/mol. The molecule has 334 valence electrons. The van der Waals surface area contributed by atoms with Crippen molar-refractivity contribution in [2.24, 2.45) is 0 Å². The van der Waals surface area contributed by atoms with Crippen LogP contribution in [0.15, 0.2) is 72.8 Å². The third-order valence-electron chi connectivity index (χ3n) is 17.3. The van der Waals surface area contributed by atoms with E-state index in [0.29, 0.717) is 0 Å². The van der Waals surface area contributed by atoms with Crippen molar-refractivity contribution in [3.8, 4) is 0 Å². The second kappa shape index (κ2) is 13.0. The first-order chi connectivity index (χ1) is 29.3. The summed E-state index contributed by atoms with van der Waals surface area (Å²) in [5, 5.41) is 0. The predicted molar refractivity (Wildman–Crippen MR) is 279 cm³/mol. The number of benzene rings is 5. The molecule has 3 aliphatic carbocycles. The van der Waals surface area contributed by atoms with Crippen LogP contribution < -0.4 is 26.2 Å². The van der Waals surface area contributed by atoms with Gasteiger partial charge in [-0.3, -0.25) is 0 Å². The maximum atomic E-state index is 2.76. The van der Waals surface area contributed by atoms with E-state index in [2.05, 4.69) is 214 Å². The van der Waals surface area contributed by atoms with Gasteiger partial charge in [-0.25, -0.2) is 0 Å². The van der Waals surface area contributed by atoms with Crippen LogP contribution in [0.3, 0.4) is 0 Å². The molecule has 2 heterocycles. The van der Waals surface area contributed by atoms with Gasteiger partial charge in [0.15, 0.2) is 0 Å². The number of hydrogen-bond acceptors (Lipinski definition) is 2. The summed E-state index contributed by atoms with van der Waals surface area (Å²) in [5.41, 5.74) is 25.9. The van der Waals surface area contributed by atoms with Crippen molar-refractivity contribution in [3.05, 3.63) is 123 Å². The fraction of sp³-hybridized carbons (Fsp3) is 0.508. The number of anilines is 6. The Kier molecular flexibility index (Phi) is 8.87. The van der Waals surface area contributed by atoms with Gasteiger partial charge in [0, 0.05) is 34.1 Å². The summed E-state index contributed by atoms with van der Waals surface area (Å²) in [6.45, 7) is 46.5. The van der Waals surface area contributed by atoms with Gasteiger partial charge in [0.25, 0.3) is 6.71 Å². The molecule has 0 fully saturated rings. The Morgan fingerprint density at radius 1 is 0.406 bits per heavy atom. The topological polar surface area (TPSA) is 6.48 Å². The van der Waals surface area contributed by atoms with Crippen LogP contribution in [-0.2, 0) is 43.3 Å². The van der Waals surface area contributed by atoms with Gasteiger partial charge in [0.2, 0.25) is 0 Å². The van der Waals surface area contributed by atoms with E-state index in [-0.39, 0.29) is 50.0 Å².